The molecule has 0 aliphatic carbocycles. The molecule has 2 aromatic rings. The molecule has 2 heterocycles. The minimum absolute atomic E-state index is 0.243. The lowest BCUT2D eigenvalue weighted by atomic mass is 10.1. The molecule has 0 unspecified atom stereocenters. The second kappa shape index (κ2) is 9.46. The van der Waals surface area contributed by atoms with E-state index in [2.05, 4.69) is 15.0 Å². The third-order valence-corrected chi connectivity index (χ3v) is 4.68. The van der Waals surface area contributed by atoms with E-state index in [0.29, 0.717) is 44.2 Å². The Hall–Kier alpha value is -2.62. The van der Waals surface area contributed by atoms with Gasteiger partial charge in [0.15, 0.2) is 0 Å². The summed E-state index contributed by atoms with van der Waals surface area (Å²) < 4.78 is 48.6. The summed E-state index contributed by atoms with van der Waals surface area (Å²) in [5, 5.41) is 3.87. The van der Waals surface area contributed by atoms with Crippen LogP contribution < -0.4 is 0 Å². The molecule has 0 spiro atoms. The number of nitrogens with zero attached hydrogens (tertiary/aromatic N) is 4. The number of carbonyl (C=O) groups excluding carboxylic acids is 1. The van der Waals surface area contributed by atoms with Crippen molar-refractivity contribution in [3.05, 3.63) is 35.7 Å². The zero-order valence-electron chi connectivity index (χ0n) is 17.0. The molecule has 0 N–H and O–H groups in total. The summed E-state index contributed by atoms with van der Waals surface area (Å²) in [4.78, 5) is 20.2. The monoisotopic (exact) mass is 426 g/mol. The first-order valence-electron chi connectivity index (χ1n) is 9.86. The van der Waals surface area contributed by atoms with Gasteiger partial charge in [-0.2, -0.15) is 18.2 Å². The van der Waals surface area contributed by atoms with Gasteiger partial charge in [-0.15, -0.1) is 0 Å². The smallest absolute Gasteiger partial charge is 0.416 e. The number of hydrogen-bond acceptors (Lipinski definition) is 6. The third-order valence-electron chi connectivity index (χ3n) is 4.68. The van der Waals surface area contributed by atoms with Crippen LogP contribution in [0.15, 0.2) is 28.8 Å². The molecule has 3 rings (SSSR count). The molecule has 0 bridgehead atoms. The molecule has 10 heteroatoms. The summed E-state index contributed by atoms with van der Waals surface area (Å²) in [6.07, 6.45) is -3.90. The van der Waals surface area contributed by atoms with Crippen molar-refractivity contribution in [1.29, 1.82) is 0 Å². The van der Waals surface area contributed by atoms with Crippen molar-refractivity contribution in [2.75, 3.05) is 32.8 Å². The van der Waals surface area contributed by atoms with Crippen LogP contribution in [-0.2, 0) is 17.5 Å². The maximum atomic E-state index is 12.7. The van der Waals surface area contributed by atoms with Gasteiger partial charge in [0, 0.05) is 31.7 Å². The molecule has 0 saturated carbocycles. The van der Waals surface area contributed by atoms with Crippen LogP contribution in [0.25, 0.3) is 11.4 Å². The molecule has 0 radical (unpaired) electrons. The van der Waals surface area contributed by atoms with Crippen LogP contribution in [-0.4, -0.2) is 58.8 Å². The molecule has 1 amide bonds. The van der Waals surface area contributed by atoms with Gasteiger partial charge in [0.1, 0.15) is 0 Å². The fourth-order valence-electron chi connectivity index (χ4n) is 3.08. The first-order chi connectivity index (χ1) is 14.2. The molecule has 1 aromatic carbocycles. The molecule has 7 nitrogen and oxygen atoms in total. The Bertz CT molecular complexity index is 837. The highest BCUT2D eigenvalue weighted by molar-refractivity contribution is 5.67. The summed E-state index contributed by atoms with van der Waals surface area (Å²) in [5.41, 5.74) is -0.274. The zero-order valence-corrected chi connectivity index (χ0v) is 17.0. The maximum Gasteiger partial charge on any atom is 0.416 e. The molecule has 1 fully saturated rings. The number of halogens is 3. The summed E-state index contributed by atoms with van der Waals surface area (Å²) in [5.74, 6) is 0.905. The summed E-state index contributed by atoms with van der Waals surface area (Å²) in [7, 11) is 0. The Morgan fingerprint density at radius 3 is 2.57 bits per heavy atom. The number of rotatable bonds is 5. The zero-order chi connectivity index (χ0) is 21.7. The highest BCUT2D eigenvalue weighted by Crippen LogP contribution is 2.30. The Balaban J connectivity index is 1.55. The highest BCUT2D eigenvalue weighted by atomic mass is 19.4. The van der Waals surface area contributed by atoms with Crippen LogP contribution in [0.5, 0.6) is 0 Å². The summed E-state index contributed by atoms with van der Waals surface area (Å²) in [6, 6.07) is 4.63. The first kappa shape index (κ1) is 22.1. The van der Waals surface area contributed by atoms with Crippen LogP contribution in [0.1, 0.15) is 31.7 Å². The second-order valence-electron chi connectivity index (χ2n) is 7.67. The Kier molecular flexibility index (Phi) is 6.96. The van der Waals surface area contributed by atoms with Crippen molar-refractivity contribution in [3.63, 3.8) is 0 Å². The van der Waals surface area contributed by atoms with Gasteiger partial charge in [-0.1, -0.05) is 31.1 Å². The number of aromatic nitrogens is 2. The maximum absolute atomic E-state index is 12.7. The molecule has 164 valence electrons. The van der Waals surface area contributed by atoms with Crippen molar-refractivity contribution < 1.29 is 27.2 Å². The quantitative estimate of drug-likeness (QED) is 0.718. The van der Waals surface area contributed by atoms with Gasteiger partial charge in [-0.05, 0) is 24.5 Å². The number of alkyl halides is 3. The van der Waals surface area contributed by atoms with E-state index in [4.69, 9.17) is 9.26 Å². The highest BCUT2D eigenvalue weighted by Gasteiger charge is 2.30. The van der Waals surface area contributed by atoms with E-state index < -0.39 is 11.7 Å². The number of carbonyl (C=O) groups is 1. The van der Waals surface area contributed by atoms with Crippen LogP contribution in [0.2, 0.25) is 0 Å². The van der Waals surface area contributed by atoms with Crippen molar-refractivity contribution in [1.82, 2.24) is 19.9 Å². The molecule has 1 aliphatic rings. The Labute approximate surface area is 172 Å². The fraction of sp³-hybridized carbons (Fsp3) is 0.550. The molecule has 0 atom stereocenters. The van der Waals surface area contributed by atoms with Gasteiger partial charge in [-0.25, -0.2) is 4.79 Å². The second-order valence-corrected chi connectivity index (χ2v) is 7.67. The molecular formula is C20H25F3N4O3. The summed E-state index contributed by atoms with van der Waals surface area (Å²) >= 11 is 0. The minimum atomic E-state index is -4.39. The number of benzene rings is 1. The normalized spacial score (nSPS) is 16.0. The SMILES string of the molecule is CC(C)COC(=O)N1CCCN(Cc2nc(-c3ccc(C(F)(F)F)cc3)no2)CC1. The van der Waals surface area contributed by atoms with E-state index in [1.165, 1.54) is 12.1 Å². The molecule has 1 saturated heterocycles. The Morgan fingerprint density at radius 1 is 1.17 bits per heavy atom. The number of ether oxygens (including phenoxy) is 1. The van der Waals surface area contributed by atoms with E-state index in [0.717, 1.165) is 25.1 Å². The average Bonchev–Trinajstić information content (AvgIpc) is 3.03. The number of amides is 1. The average molecular weight is 426 g/mol. The van der Waals surface area contributed by atoms with E-state index in [9.17, 15) is 18.0 Å². The predicted molar refractivity (Wildman–Crippen MR) is 102 cm³/mol. The van der Waals surface area contributed by atoms with Crippen molar-refractivity contribution in [3.8, 4) is 11.4 Å². The van der Waals surface area contributed by atoms with E-state index in [1.807, 2.05) is 13.8 Å². The first-order valence-corrected chi connectivity index (χ1v) is 9.86. The van der Waals surface area contributed by atoms with E-state index in [-0.39, 0.29) is 17.8 Å². The molecule has 30 heavy (non-hydrogen) atoms. The molecular weight excluding hydrogens is 401 g/mol. The minimum Gasteiger partial charge on any atom is -0.449 e. The van der Waals surface area contributed by atoms with Crippen LogP contribution in [0.4, 0.5) is 18.0 Å². The van der Waals surface area contributed by atoms with E-state index in [1.54, 1.807) is 4.90 Å². The van der Waals surface area contributed by atoms with Crippen molar-refractivity contribution >= 4 is 6.09 Å². The number of hydrogen-bond donors (Lipinski definition) is 0. The largest absolute Gasteiger partial charge is 0.449 e. The standard InChI is InChI=1S/C20H25F3N4O3/c1-14(2)13-29-19(28)27-9-3-8-26(10-11-27)12-17-24-18(25-30-17)15-4-6-16(7-5-15)20(21,22)23/h4-7,14H,3,8-13H2,1-2H3. The Morgan fingerprint density at radius 2 is 1.90 bits per heavy atom. The molecule has 1 aromatic heterocycles. The van der Waals surface area contributed by atoms with Gasteiger partial charge >= 0.3 is 12.3 Å². The third kappa shape index (κ3) is 5.94. The van der Waals surface area contributed by atoms with Crippen molar-refractivity contribution in [2.45, 2.75) is 33.0 Å². The van der Waals surface area contributed by atoms with Crippen LogP contribution in [0, 0.1) is 5.92 Å². The summed E-state index contributed by atoms with van der Waals surface area (Å²) in [6.45, 7) is 7.32. The van der Waals surface area contributed by atoms with Crippen LogP contribution in [0.3, 0.4) is 0 Å². The van der Waals surface area contributed by atoms with Crippen LogP contribution >= 0.6 is 0 Å². The lowest BCUT2D eigenvalue weighted by Gasteiger charge is -2.21. The van der Waals surface area contributed by atoms with Gasteiger partial charge in [0.2, 0.25) is 11.7 Å². The van der Waals surface area contributed by atoms with Crippen molar-refractivity contribution in [2.24, 2.45) is 5.92 Å². The topological polar surface area (TPSA) is 71.7 Å². The van der Waals surface area contributed by atoms with Gasteiger partial charge in [0.25, 0.3) is 0 Å². The van der Waals surface area contributed by atoms with E-state index >= 15 is 0 Å². The fourth-order valence-corrected chi connectivity index (χ4v) is 3.08. The predicted octanol–water partition coefficient (Wildman–Crippen LogP) is 4.06. The lowest BCUT2D eigenvalue weighted by molar-refractivity contribution is -0.137. The van der Waals surface area contributed by atoms with Gasteiger partial charge < -0.3 is 14.2 Å². The van der Waals surface area contributed by atoms with Gasteiger partial charge in [-0.3, -0.25) is 4.90 Å². The molecule has 1 aliphatic heterocycles. The van der Waals surface area contributed by atoms with Gasteiger partial charge in [0.05, 0.1) is 18.7 Å². The lowest BCUT2D eigenvalue weighted by Crippen LogP contribution is -2.36.